The Kier molecular flexibility index (Phi) is 3.45. The molecule has 1 heterocycles. The maximum atomic E-state index is 3.73. The summed E-state index contributed by atoms with van der Waals surface area (Å²) in [5, 5.41) is 3.73. The molecule has 1 N–H and O–H groups in total. The standard InChI is InChI=1S/C12H24N2/c1-10-7-12(8-10)13-11(2)9-14-5-3-4-6-14/h10-13H,3-9H2,1-2H3. The van der Waals surface area contributed by atoms with E-state index in [4.69, 9.17) is 0 Å². The fraction of sp³-hybridized carbons (Fsp3) is 1.00. The molecule has 2 heteroatoms. The van der Waals surface area contributed by atoms with E-state index in [1.165, 1.54) is 45.3 Å². The third-order valence-electron chi connectivity index (χ3n) is 3.62. The molecule has 1 aliphatic carbocycles. The van der Waals surface area contributed by atoms with Gasteiger partial charge in [0.15, 0.2) is 0 Å². The third-order valence-corrected chi connectivity index (χ3v) is 3.62. The smallest absolute Gasteiger partial charge is 0.0169 e. The van der Waals surface area contributed by atoms with E-state index in [0.29, 0.717) is 6.04 Å². The summed E-state index contributed by atoms with van der Waals surface area (Å²) in [5.41, 5.74) is 0. The molecule has 0 aromatic rings. The zero-order chi connectivity index (χ0) is 9.97. The lowest BCUT2D eigenvalue weighted by Crippen LogP contribution is -2.48. The maximum absolute atomic E-state index is 3.73. The van der Waals surface area contributed by atoms with Crippen LogP contribution in [-0.2, 0) is 0 Å². The second kappa shape index (κ2) is 4.63. The van der Waals surface area contributed by atoms with Gasteiger partial charge in [-0.25, -0.2) is 0 Å². The van der Waals surface area contributed by atoms with Crippen molar-refractivity contribution in [2.45, 2.75) is 51.6 Å². The molecule has 0 aromatic carbocycles. The van der Waals surface area contributed by atoms with Gasteiger partial charge in [0.2, 0.25) is 0 Å². The molecule has 0 radical (unpaired) electrons. The lowest BCUT2D eigenvalue weighted by Gasteiger charge is -2.36. The van der Waals surface area contributed by atoms with Crippen LogP contribution in [-0.4, -0.2) is 36.6 Å². The summed E-state index contributed by atoms with van der Waals surface area (Å²) < 4.78 is 0. The highest BCUT2D eigenvalue weighted by molar-refractivity contribution is 4.85. The van der Waals surface area contributed by atoms with Crippen LogP contribution in [0.15, 0.2) is 0 Å². The van der Waals surface area contributed by atoms with Crippen LogP contribution in [0.5, 0.6) is 0 Å². The SMILES string of the molecule is CC1CC(NC(C)CN2CCCC2)C1. The average Bonchev–Trinajstić information content (AvgIpc) is 2.54. The second-order valence-electron chi connectivity index (χ2n) is 5.35. The van der Waals surface area contributed by atoms with E-state index in [1.807, 2.05) is 0 Å². The van der Waals surface area contributed by atoms with Crippen LogP contribution in [0.3, 0.4) is 0 Å². The van der Waals surface area contributed by atoms with E-state index in [1.54, 1.807) is 0 Å². The minimum atomic E-state index is 0.686. The molecule has 2 fully saturated rings. The Morgan fingerprint density at radius 2 is 1.93 bits per heavy atom. The van der Waals surface area contributed by atoms with Gasteiger partial charge in [-0.1, -0.05) is 6.92 Å². The molecule has 2 rings (SSSR count). The van der Waals surface area contributed by atoms with Crippen molar-refractivity contribution >= 4 is 0 Å². The van der Waals surface area contributed by atoms with Crippen molar-refractivity contribution in [2.24, 2.45) is 5.92 Å². The summed E-state index contributed by atoms with van der Waals surface area (Å²) in [4.78, 5) is 2.60. The van der Waals surface area contributed by atoms with E-state index in [2.05, 4.69) is 24.1 Å². The van der Waals surface area contributed by atoms with Gasteiger partial charge in [0.1, 0.15) is 0 Å². The Bertz CT molecular complexity index is 169. The number of hydrogen-bond acceptors (Lipinski definition) is 2. The Morgan fingerprint density at radius 1 is 1.29 bits per heavy atom. The largest absolute Gasteiger partial charge is 0.310 e. The molecule has 14 heavy (non-hydrogen) atoms. The van der Waals surface area contributed by atoms with Crippen molar-refractivity contribution in [2.75, 3.05) is 19.6 Å². The molecule has 1 saturated heterocycles. The summed E-state index contributed by atoms with van der Waals surface area (Å²) in [6.45, 7) is 8.59. The van der Waals surface area contributed by atoms with Crippen LogP contribution in [0.4, 0.5) is 0 Å². The van der Waals surface area contributed by atoms with Gasteiger partial charge in [-0.3, -0.25) is 0 Å². The van der Waals surface area contributed by atoms with Crippen LogP contribution in [0.1, 0.15) is 39.5 Å². The highest BCUT2D eigenvalue weighted by Gasteiger charge is 2.26. The monoisotopic (exact) mass is 196 g/mol. The topological polar surface area (TPSA) is 15.3 Å². The third kappa shape index (κ3) is 2.71. The van der Waals surface area contributed by atoms with Crippen LogP contribution < -0.4 is 5.32 Å². The number of rotatable bonds is 4. The molecule has 0 aromatic heterocycles. The molecule has 1 atom stereocenters. The molecule has 0 bridgehead atoms. The Morgan fingerprint density at radius 3 is 2.50 bits per heavy atom. The van der Waals surface area contributed by atoms with E-state index in [0.717, 1.165) is 12.0 Å². The predicted octanol–water partition coefficient (Wildman–Crippen LogP) is 1.86. The molecule has 1 saturated carbocycles. The van der Waals surface area contributed by atoms with Gasteiger partial charge in [-0.15, -0.1) is 0 Å². The van der Waals surface area contributed by atoms with E-state index in [-0.39, 0.29) is 0 Å². The van der Waals surface area contributed by atoms with Crippen molar-refractivity contribution in [3.05, 3.63) is 0 Å². The molecule has 1 aliphatic heterocycles. The number of likely N-dealkylation sites (tertiary alicyclic amines) is 1. The van der Waals surface area contributed by atoms with Crippen LogP contribution >= 0.6 is 0 Å². The first kappa shape index (κ1) is 10.4. The number of hydrogen-bond donors (Lipinski definition) is 1. The van der Waals surface area contributed by atoms with Crippen molar-refractivity contribution in [1.29, 1.82) is 0 Å². The van der Waals surface area contributed by atoms with Crippen molar-refractivity contribution in [3.8, 4) is 0 Å². The van der Waals surface area contributed by atoms with Gasteiger partial charge in [0.25, 0.3) is 0 Å². The molecule has 0 spiro atoms. The molecule has 2 aliphatic rings. The van der Waals surface area contributed by atoms with Crippen LogP contribution in [0.25, 0.3) is 0 Å². The van der Waals surface area contributed by atoms with E-state index >= 15 is 0 Å². The first-order chi connectivity index (χ1) is 6.74. The van der Waals surface area contributed by atoms with Crippen molar-refractivity contribution in [1.82, 2.24) is 10.2 Å². The zero-order valence-electron chi connectivity index (χ0n) is 9.63. The molecule has 2 nitrogen and oxygen atoms in total. The second-order valence-corrected chi connectivity index (χ2v) is 5.35. The molecule has 1 unspecified atom stereocenters. The molecular weight excluding hydrogens is 172 g/mol. The molecule has 0 amide bonds. The van der Waals surface area contributed by atoms with Gasteiger partial charge in [0, 0.05) is 18.6 Å². The minimum absolute atomic E-state index is 0.686. The van der Waals surface area contributed by atoms with E-state index < -0.39 is 0 Å². The Balaban J connectivity index is 1.60. The van der Waals surface area contributed by atoms with Gasteiger partial charge in [-0.05, 0) is 51.6 Å². The lowest BCUT2D eigenvalue weighted by atomic mass is 9.81. The first-order valence-electron chi connectivity index (χ1n) is 6.22. The van der Waals surface area contributed by atoms with Crippen molar-refractivity contribution < 1.29 is 0 Å². The fourth-order valence-corrected chi connectivity index (χ4v) is 2.85. The van der Waals surface area contributed by atoms with Gasteiger partial charge in [0.05, 0.1) is 0 Å². The number of nitrogens with one attached hydrogen (secondary N) is 1. The van der Waals surface area contributed by atoms with Crippen LogP contribution in [0.2, 0.25) is 0 Å². The van der Waals surface area contributed by atoms with Gasteiger partial charge >= 0.3 is 0 Å². The zero-order valence-corrected chi connectivity index (χ0v) is 9.63. The highest BCUT2D eigenvalue weighted by Crippen LogP contribution is 2.26. The molecule has 82 valence electrons. The predicted molar refractivity (Wildman–Crippen MR) is 60.5 cm³/mol. The summed E-state index contributed by atoms with van der Waals surface area (Å²) in [5.74, 6) is 0.964. The summed E-state index contributed by atoms with van der Waals surface area (Å²) >= 11 is 0. The fourth-order valence-electron chi connectivity index (χ4n) is 2.85. The summed E-state index contributed by atoms with van der Waals surface area (Å²) in [6, 6.07) is 1.51. The normalized spacial score (nSPS) is 35.6. The quantitative estimate of drug-likeness (QED) is 0.738. The van der Waals surface area contributed by atoms with Crippen molar-refractivity contribution in [3.63, 3.8) is 0 Å². The Labute approximate surface area is 88.1 Å². The molecular formula is C12H24N2. The lowest BCUT2D eigenvalue weighted by molar-refractivity contribution is 0.203. The average molecular weight is 196 g/mol. The highest BCUT2D eigenvalue weighted by atomic mass is 15.2. The first-order valence-corrected chi connectivity index (χ1v) is 6.22. The van der Waals surface area contributed by atoms with Gasteiger partial charge in [-0.2, -0.15) is 0 Å². The summed E-state index contributed by atoms with van der Waals surface area (Å²) in [7, 11) is 0. The summed E-state index contributed by atoms with van der Waals surface area (Å²) in [6.07, 6.45) is 5.61. The van der Waals surface area contributed by atoms with E-state index in [9.17, 15) is 0 Å². The van der Waals surface area contributed by atoms with Gasteiger partial charge < -0.3 is 10.2 Å². The Hall–Kier alpha value is -0.0800. The number of nitrogens with zero attached hydrogens (tertiary/aromatic N) is 1. The minimum Gasteiger partial charge on any atom is -0.310 e. The maximum Gasteiger partial charge on any atom is 0.0169 e. The van der Waals surface area contributed by atoms with Crippen LogP contribution in [0, 0.1) is 5.92 Å².